The first kappa shape index (κ1) is 6.90. The number of hydrogen-bond donors (Lipinski definition) is 1. The molecular weight excluding hydrogens is 148 g/mol. The van der Waals surface area contributed by atoms with Crippen LogP contribution in [0.4, 0.5) is 5.69 Å². The smallest absolute Gasteiger partial charge is 0.385 e. The maximum absolute atomic E-state index is 8.27. The zero-order chi connectivity index (χ0) is 7.40. The van der Waals surface area contributed by atoms with Gasteiger partial charge in [0.25, 0.3) is 0 Å². The van der Waals surface area contributed by atoms with E-state index in [0.717, 1.165) is 0 Å². The second-order valence-corrected chi connectivity index (χ2v) is 1.87. The van der Waals surface area contributed by atoms with Crippen LogP contribution < -0.4 is 4.18 Å². The van der Waals surface area contributed by atoms with E-state index < -0.39 is 0 Å². The standard InChI is InChI=1S/C6H4N2OS/c7-8-5-1-3-6(9-10)4-2-5/h1-4H/p+1. The Kier molecular flexibility index (Phi) is 2.13. The van der Waals surface area contributed by atoms with Gasteiger partial charge in [-0.25, -0.2) is 0 Å². The van der Waals surface area contributed by atoms with Crippen molar-refractivity contribution in [3.8, 4) is 5.75 Å². The van der Waals surface area contributed by atoms with Crippen molar-refractivity contribution in [2.45, 2.75) is 0 Å². The van der Waals surface area contributed by atoms with Crippen LogP contribution in [0.15, 0.2) is 24.3 Å². The van der Waals surface area contributed by atoms with Crippen molar-refractivity contribution in [2.24, 2.45) is 0 Å². The summed E-state index contributed by atoms with van der Waals surface area (Å²) in [6, 6.07) is 6.54. The van der Waals surface area contributed by atoms with Crippen LogP contribution in [-0.4, -0.2) is 0 Å². The van der Waals surface area contributed by atoms with E-state index in [2.05, 4.69) is 22.1 Å². The van der Waals surface area contributed by atoms with E-state index in [9.17, 15) is 0 Å². The Labute approximate surface area is 63.9 Å². The molecule has 0 aromatic heterocycles. The van der Waals surface area contributed by atoms with Gasteiger partial charge in [-0.2, -0.15) is 0 Å². The van der Waals surface area contributed by atoms with Gasteiger partial charge in [0.15, 0.2) is 4.98 Å². The summed E-state index contributed by atoms with van der Waals surface area (Å²) in [5, 5.41) is 8.27. The van der Waals surface area contributed by atoms with E-state index in [-0.39, 0.29) is 0 Å². The minimum Gasteiger partial charge on any atom is -0.429 e. The van der Waals surface area contributed by atoms with Crippen molar-refractivity contribution in [1.29, 1.82) is 5.39 Å². The molecule has 1 aromatic carbocycles. The second-order valence-electron chi connectivity index (χ2n) is 1.69. The molecule has 0 bridgehead atoms. The molecule has 0 heterocycles. The highest BCUT2D eigenvalue weighted by atomic mass is 32.1. The number of benzene rings is 1. The van der Waals surface area contributed by atoms with Crippen molar-refractivity contribution >= 4 is 18.6 Å². The molecule has 10 heavy (non-hydrogen) atoms. The van der Waals surface area contributed by atoms with E-state index in [1.165, 1.54) is 0 Å². The van der Waals surface area contributed by atoms with Gasteiger partial charge in [0.2, 0.25) is 5.39 Å². The highest BCUT2D eigenvalue weighted by molar-refractivity contribution is 7.75. The Morgan fingerprint density at radius 2 is 1.90 bits per heavy atom. The first-order valence-electron chi connectivity index (χ1n) is 2.63. The van der Waals surface area contributed by atoms with E-state index >= 15 is 0 Å². The first-order valence-corrected chi connectivity index (χ1v) is 3.00. The summed E-state index contributed by atoms with van der Waals surface area (Å²) in [5.74, 6) is 0.621. The number of diazo groups is 1. The van der Waals surface area contributed by atoms with E-state index in [1.807, 2.05) is 0 Å². The molecule has 0 atom stereocenters. The molecule has 0 unspecified atom stereocenters. The van der Waals surface area contributed by atoms with Gasteiger partial charge in [-0.3, -0.25) is 0 Å². The van der Waals surface area contributed by atoms with Gasteiger partial charge in [0, 0.05) is 25.0 Å². The van der Waals surface area contributed by atoms with Crippen LogP contribution in [0.2, 0.25) is 0 Å². The topological polar surface area (TPSA) is 37.4 Å². The molecule has 0 fully saturated rings. The summed E-state index contributed by atoms with van der Waals surface area (Å²) >= 11 is 3.58. The third-order valence-electron chi connectivity index (χ3n) is 1.06. The molecule has 50 valence electrons. The summed E-state index contributed by atoms with van der Waals surface area (Å²) in [5.41, 5.74) is 0.495. The summed E-state index contributed by atoms with van der Waals surface area (Å²) in [7, 11) is 0. The van der Waals surface area contributed by atoms with Gasteiger partial charge in [-0.1, -0.05) is 0 Å². The zero-order valence-corrected chi connectivity index (χ0v) is 5.95. The van der Waals surface area contributed by atoms with Crippen molar-refractivity contribution in [1.82, 2.24) is 0 Å². The number of rotatable bonds is 1. The Morgan fingerprint density at radius 1 is 1.30 bits per heavy atom. The molecule has 0 N–H and O–H groups in total. The van der Waals surface area contributed by atoms with Crippen molar-refractivity contribution < 1.29 is 4.18 Å². The molecule has 0 aliphatic carbocycles. The maximum atomic E-state index is 8.27. The lowest BCUT2D eigenvalue weighted by molar-refractivity contribution is 0.659. The van der Waals surface area contributed by atoms with Crippen LogP contribution in [0, 0.1) is 5.39 Å². The number of thiol groups is 1. The molecule has 0 spiro atoms. The molecule has 0 radical (unpaired) electrons. The molecule has 0 aliphatic heterocycles. The first-order chi connectivity index (χ1) is 4.86. The third-order valence-corrected chi connectivity index (χ3v) is 1.27. The minimum atomic E-state index is 0.495. The predicted octanol–water partition coefficient (Wildman–Crippen LogP) is 2.39. The van der Waals surface area contributed by atoms with Crippen molar-refractivity contribution in [3.05, 3.63) is 29.2 Å². The van der Waals surface area contributed by atoms with Crippen LogP contribution in [0.25, 0.3) is 4.98 Å². The molecule has 4 heteroatoms. The monoisotopic (exact) mass is 153 g/mol. The average Bonchev–Trinajstić information content (AvgIpc) is 2.05. The largest absolute Gasteiger partial charge is 0.429 e. The van der Waals surface area contributed by atoms with Crippen LogP contribution in [0.3, 0.4) is 0 Å². The SMILES string of the molecule is N#[N+]c1ccc(OS)cc1. The number of hydrogen-bond acceptors (Lipinski definition) is 3. The highest BCUT2D eigenvalue weighted by Crippen LogP contribution is 2.17. The van der Waals surface area contributed by atoms with E-state index in [0.29, 0.717) is 11.4 Å². The lowest BCUT2D eigenvalue weighted by Crippen LogP contribution is -1.71. The molecule has 0 amide bonds. The fraction of sp³-hybridized carbons (Fsp3) is 0. The molecule has 0 saturated carbocycles. The summed E-state index contributed by atoms with van der Waals surface area (Å²) in [4.78, 5) is 2.97. The Bertz CT molecular complexity index is 251. The fourth-order valence-corrected chi connectivity index (χ4v) is 0.695. The maximum Gasteiger partial charge on any atom is 0.385 e. The zero-order valence-electron chi connectivity index (χ0n) is 5.06. The molecule has 0 saturated heterocycles. The molecule has 1 rings (SSSR count). The van der Waals surface area contributed by atoms with Crippen molar-refractivity contribution in [2.75, 3.05) is 0 Å². The van der Waals surface area contributed by atoms with Crippen LogP contribution >= 0.6 is 12.9 Å². The van der Waals surface area contributed by atoms with E-state index in [1.54, 1.807) is 24.3 Å². The summed E-state index contributed by atoms with van der Waals surface area (Å²) in [6.07, 6.45) is 0. The molecular formula is C6H5N2OS+. The summed E-state index contributed by atoms with van der Waals surface area (Å²) in [6.45, 7) is 0. The quantitative estimate of drug-likeness (QED) is 0.382. The second kappa shape index (κ2) is 3.08. The molecule has 3 nitrogen and oxygen atoms in total. The van der Waals surface area contributed by atoms with Gasteiger partial charge >= 0.3 is 5.69 Å². The highest BCUT2D eigenvalue weighted by Gasteiger charge is 2.01. The van der Waals surface area contributed by atoms with Gasteiger partial charge in [0.05, 0.1) is 0 Å². The van der Waals surface area contributed by atoms with Crippen LogP contribution in [0.1, 0.15) is 0 Å². The fourth-order valence-electron chi connectivity index (χ4n) is 0.574. The third kappa shape index (κ3) is 1.39. The predicted molar refractivity (Wildman–Crippen MR) is 40.8 cm³/mol. The van der Waals surface area contributed by atoms with Crippen molar-refractivity contribution in [3.63, 3.8) is 0 Å². The normalized spacial score (nSPS) is 8.40. The summed E-state index contributed by atoms with van der Waals surface area (Å²) < 4.78 is 4.58. The van der Waals surface area contributed by atoms with Crippen LogP contribution in [-0.2, 0) is 0 Å². The average molecular weight is 153 g/mol. The lowest BCUT2D eigenvalue weighted by Gasteiger charge is -1.90. The van der Waals surface area contributed by atoms with Gasteiger partial charge in [-0.15, -0.1) is 0 Å². The van der Waals surface area contributed by atoms with Gasteiger partial charge < -0.3 is 4.18 Å². The van der Waals surface area contributed by atoms with E-state index in [4.69, 9.17) is 5.39 Å². The minimum absolute atomic E-state index is 0.495. The number of nitrogens with zero attached hydrogens (tertiary/aromatic N) is 2. The molecule has 1 aromatic rings. The van der Waals surface area contributed by atoms with Gasteiger partial charge in [0.1, 0.15) is 5.75 Å². The molecule has 0 aliphatic rings. The Hall–Kier alpha value is -1.21. The lowest BCUT2D eigenvalue weighted by atomic mass is 10.3. The Balaban J connectivity index is 2.93. The van der Waals surface area contributed by atoms with Gasteiger partial charge in [-0.05, 0) is 12.1 Å². The Morgan fingerprint density at radius 3 is 2.30 bits per heavy atom. The van der Waals surface area contributed by atoms with Crippen LogP contribution in [0.5, 0.6) is 5.75 Å².